The Kier molecular flexibility index (Phi) is 3.87. The molecule has 0 bridgehead atoms. The summed E-state index contributed by atoms with van der Waals surface area (Å²) in [6.45, 7) is 4.65. The Bertz CT molecular complexity index is 305. The Hall–Kier alpha value is -0.280. The molecular weight excluding hydrogens is 228 g/mol. The van der Waals surface area contributed by atoms with Crippen LogP contribution in [0.2, 0.25) is 0 Å². The summed E-state index contributed by atoms with van der Waals surface area (Å²) in [5.41, 5.74) is 1.14. The van der Waals surface area contributed by atoms with Gasteiger partial charge in [-0.2, -0.15) is 0 Å². The molecule has 0 amide bonds. The van der Waals surface area contributed by atoms with Crippen LogP contribution >= 0.6 is 22.9 Å². The van der Waals surface area contributed by atoms with E-state index in [2.05, 4.69) is 22.2 Å². The van der Waals surface area contributed by atoms with Gasteiger partial charge in [-0.15, -0.1) is 22.9 Å². The molecule has 2 nitrogen and oxygen atoms in total. The molecule has 15 heavy (non-hydrogen) atoms. The van der Waals surface area contributed by atoms with E-state index in [1.807, 2.05) is 0 Å². The van der Waals surface area contributed by atoms with E-state index in [1.54, 1.807) is 11.3 Å². The second-order valence-electron chi connectivity index (χ2n) is 4.23. The molecule has 0 spiro atoms. The Labute approximate surface area is 100 Å². The van der Waals surface area contributed by atoms with Crippen LogP contribution in [0, 0.1) is 5.92 Å². The van der Waals surface area contributed by atoms with Crippen LogP contribution in [0.15, 0.2) is 5.38 Å². The van der Waals surface area contributed by atoms with Gasteiger partial charge in [-0.3, -0.25) is 0 Å². The first-order valence-corrected chi connectivity index (χ1v) is 6.96. The number of anilines is 1. The lowest BCUT2D eigenvalue weighted by Crippen LogP contribution is -2.32. The fourth-order valence-corrected chi connectivity index (χ4v) is 2.96. The van der Waals surface area contributed by atoms with Gasteiger partial charge in [0.25, 0.3) is 0 Å². The van der Waals surface area contributed by atoms with Crippen molar-refractivity contribution in [2.24, 2.45) is 5.92 Å². The predicted octanol–water partition coefficient (Wildman–Crippen LogP) is 3.16. The topological polar surface area (TPSA) is 16.1 Å². The highest BCUT2D eigenvalue weighted by molar-refractivity contribution is 7.13. The van der Waals surface area contributed by atoms with Gasteiger partial charge in [-0.25, -0.2) is 4.98 Å². The molecule has 84 valence electrons. The minimum atomic E-state index is 0.667. The number of aromatic nitrogens is 1. The maximum Gasteiger partial charge on any atom is 0.185 e. The summed E-state index contributed by atoms with van der Waals surface area (Å²) in [7, 11) is 0. The van der Waals surface area contributed by atoms with Gasteiger partial charge in [0.05, 0.1) is 5.69 Å². The van der Waals surface area contributed by atoms with E-state index in [0.717, 1.165) is 31.1 Å². The number of aryl methyl sites for hydroxylation is 1. The molecule has 2 rings (SSSR count). The molecule has 4 heteroatoms. The lowest BCUT2D eigenvalue weighted by Gasteiger charge is -2.29. The molecule has 0 unspecified atom stereocenters. The SMILES string of the molecule is CC1CCN(c2nc(CCCl)cs2)CC1. The molecule has 1 aromatic heterocycles. The zero-order valence-corrected chi connectivity index (χ0v) is 10.7. The highest BCUT2D eigenvalue weighted by Crippen LogP contribution is 2.26. The smallest absolute Gasteiger partial charge is 0.185 e. The normalized spacial score (nSPS) is 18.4. The lowest BCUT2D eigenvalue weighted by molar-refractivity contribution is 0.438. The van der Waals surface area contributed by atoms with Crippen LogP contribution in [-0.2, 0) is 6.42 Å². The summed E-state index contributed by atoms with van der Waals surface area (Å²) < 4.78 is 0. The number of thiazole rings is 1. The van der Waals surface area contributed by atoms with Crippen molar-refractivity contribution in [1.29, 1.82) is 0 Å². The van der Waals surface area contributed by atoms with Crippen molar-refractivity contribution in [3.63, 3.8) is 0 Å². The minimum absolute atomic E-state index is 0.667. The van der Waals surface area contributed by atoms with Crippen LogP contribution in [0.3, 0.4) is 0 Å². The molecule has 1 fully saturated rings. The number of alkyl halides is 1. The number of hydrogen-bond acceptors (Lipinski definition) is 3. The summed E-state index contributed by atoms with van der Waals surface area (Å²) in [6.07, 6.45) is 3.48. The number of piperidine rings is 1. The molecule has 1 aliphatic heterocycles. The Morgan fingerprint density at radius 2 is 2.27 bits per heavy atom. The highest BCUT2D eigenvalue weighted by atomic mass is 35.5. The first kappa shape index (κ1) is 11.2. The first-order valence-electron chi connectivity index (χ1n) is 5.55. The number of hydrogen-bond donors (Lipinski definition) is 0. The van der Waals surface area contributed by atoms with Crippen LogP contribution in [0.25, 0.3) is 0 Å². The van der Waals surface area contributed by atoms with Crippen LogP contribution in [0.1, 0.15) is 25.5 Å². The molecule has 0 radical (unpaired) electrons. The van der Waals surface area contributed by atoms with Crippen LogP contribution in [0.5, 0.6) is 0 Å². The van der Waals surface area contributed by atoms with E-state index in [0.29, 0.717) is 5.88 Å². The summed E-state index contributed by atoms with van der Waals surface area (Å²) >= 11 is 7.45. The van der Waals surface area contributed by atoms with Crippen molar-refractivity contribution in [2.45, 2.75) is 26.2 Å². The monoisotopic (exact) mass is 244 g/mol. The van der Waals surface area contributed by atoms with Crippen molar-refractivity contribution < 1.29 is 0 Å². The fraction of sp³-hybridized carbons (Fsp3) is 0.727. The van der Waals surface area contributed by atoms with E-state index in [4.69, 9.17) is 11.6 Å². The predicted molar refractivity (Wildman–Crippen MR) is 67.1 cm³/mol. The Morgan fingerprint density at radius 1 is 1.53 bits per heavy atom. The highest BCUT2D eigenvalue weighted by Gasteiger charge is 2.18. The molecule has 0 aliphatic carbocycles. The van der Waals surface area contributed by atoms with E-state index < -0.39 is 0 Å². The zero-order valence-electron chi connectivity index (χ0n) is 9.08. The third kappa shape index (κ3) is 2.85. The van der Waals surface area contributed by atoms with Gasteiger partial charge < -0.3 is 4.90 Å². The molecule has 0 saturated carbocycles. The average molecular weight is 245 g/mol. The molecule has 1 aromatic rings. The van der Waals surface area contributed by atoms with Crippen LogP contribution < -0.4 is 4.90 Å². The van der Waals surface area contributed by atoms with E-state index in [-0.39, 0.29) is 0 Å². The molecule has 2 heterocycles. The van der Waals surface area contributed by atoms with E-state index in [1.165, 1.54) is 18.0 Å². The molecule has 1 aliphatic rings. The lowest BCUT2D eigenvalue weighted by atomic mass is 10.00. The Balaban J connectivity index is 1.96. The van der Waals surface area contributed by atoms with Crippen LogP contribution in [0.4, 0.5) is 5.13 Å². The second kappa shape index (κ2) is 5.17. The maximum absolute atomic E-state index is 5.70. The van der Waals surface area contributed by atoms with Crippen molar-refractivity contribution in [3.05, 3.63) is 11.1 Å². The molecule has 0 N–H and O–H groups in total. The summed E-state index contributed by atoms with van der Waals surface area (Å²) in [5, 5.41) is 3.32. The first-order chi connectivity index (χ1) is 7.29. The van der Waals surface area contributed by atoms with E-state index >= 15 is 0 Å². The van der Waals surface area contributed by atoms with Gasteiger partial charge in [0.2, 0.25) is 0 Å². The van der Waals surface area contributed by atoms with Crippen LogP contribution in [-0.4, -0.2) is 24.0 Å². The third-order valence-corrected chi connectivity index (χ3v) is 4.08. The fourth-order valence-electron chi connectivity index (χ4n) is 1.85. The number of halogens is 1. The number of nitrogens with zero attached hydrogens (tertiary/aromatic N) is 2. The molecule has 0 atom stereocenters. The Morgan fingerprint density at radius 3 is 2.93 bits per heavy atom. The van der Waals surface area contributed by atoms with Crippen molar-refractivity contribution in [3.8, 4) is 0 Å². The zero-order chi connectivity index (χ0) is 10.7. The molecule has 1 saturated heterocycles. The average Bonchev–Trinajstić information content (AvgIpc) is 2.68. The van der Waals surface area contributed by atoms with Gasteiger partial charge in [0, 0.05) is 30.8 Å². The molecular formula is C11H17ClN2S. The summed E-state index contributed by atoms with van der Waals surface area (Å²) in [5.74, 6) is 1.55. The van der Waals surface area contributed by atoms with Crippen molar-refractivity contribution >= 4 is 28.1 Å². The van der Waals surface area contributed by atoms with E-state index in [9.17, 15) is 0 Å². The second-order valence-corrected chi connectivity index (χ2v) is 5.44. The quantitative estimate of drug-likeness (QED) is 0.760. The maximum atomic E-state index is 5.70. The van der Waals surface area contributed by atoms with Gasteiger partial charge in [-0.05, 0) is 18.8 Å². The summed E-state index contributed by atoms with van der Waals surface area (Å²) in [4.78, 5) is 7.01. The largest absolute Gasteiger partial charge is 0.348 e. The van der Waals surface area contributed by atoms with Gasteiger partial charge >= 0.3 is 0 Å². The van der Waals surface area contributed by atoms with Crippen molar-refractivity contribution in [1.82, 2.24) is 4.98 Å². The van der Waals surface area contributed by atoms with Gasteiger partial charge in [0.1, 0.15) is 0 Å². The summed E-state index contributed by atoms with van der Waals surface area (Å²) in [6, 6.07) is 0. The van der Waals surface area contributed by atoms with Gasteiger partial charge in [0.15, 0.2) is 5.13 Å². The van der Waals surface area contributed by atoms with Gasteiger partial charge in [-0.1, -0.05) is 6.92 Å². The van der Waals surface area contributed by atoms with Crippen molar-refractivity contribution in [2.75, 3.05) is 23.9 Å². The standard InChI is InChI=1S/C11H17ClN2S/c1-9-3-6-14(7-4-9)11-13-10(2-5-12)8-15-11/h8-9H,2-7H2,1H3. The third-order valence-electron chi connectivity index (χ3n) is 2.94. The minimum Gasteiger partial charge on any atom is -0.348 e. The number of rotatable bonds is 3. The molecule has 0 aromatic carbocycles.